The van der Waals surface area contributed by atoms with Crippen molar-refractivity contribution in [2.45, 2.75) is 103 Å². The third-order valence-electron chi connectivity index (χ3n) is 4.11. The van der Waals surface area contributed by atoms with E-state index >= 15 is 0 Å². The topological polar surface area (TPSA) is 66.5 Å². The van der Waals surface area contributed by atoms with Crippen LogP contribution in [0.1, 0.15) is 96.8 Å². The molecule has 0 aliphatic rings. The van der Waals surface area contributed by atoms with Gasteiger partial charge in [0.2, 0.25) is 0 Å². The van der Waals surface area contributed by atoms with Crippen LogP contribution in [0, 0.1) is 0 Å². The molecule has 0 aliphatic heterocycles. The van der Waals surface area contributed by atoms with E-state index in [4.69, 9.17) is 10.8 Å². The van der Waals surface area contributed by atoms with Gasteiger partial charge in [0.1, 0.15) is 6.26 Å². The maximum Gasteiger partial charge on any atom is 0.101 e. The van der Waals surface area contributed by atoms with Crippen LogP contribution in [0.5, 0.6) is 0 Å². The van der Waals surface area contributed by atoms with Crippen LogP contribution in [-0.4, -0.2) is 16.3 Å². The summed E-state index contributed by atoms with van der Waals surface area (Å²) in [6.45, 7) is 2.26. The van der Waals surface area contributed by atoms with Crippen LogP contribution >= 0.6 is 0 Å². The van der Waals surface area contributed by atoms with Gasteiger partial charge in [-0.15, -0.1) is 0 Å². The second kappa shape index (κ2) is 15.7. The van der Waals surface area contributed by atoms with Crippen molar-refractivity contribution in [1.82, 2.24) is 0 Å². The van der Waals surface area contributed by atoms with E-state index in [9.17, 15) is 5.11 Å². The van der Waals surface area contributed by atoms with Gasteiger partial charge in [-0.25, -0.2) is 0 Å². The summed E-state index contributed by atoms with van der Waals surface area (Å²) in [5.41, 5.74) is 5.60. The van der Waals surface area contributed by atoms with Crippen LogP contribution in [0.4, 0.5) is 0 Å². The lowest BCUT2D eigenvalue weighted by atomic mass is 10.0. The van der Waals surface area contributed by atoms with Gasteiger partial charge in [0.15, 0.2) is 0 Å². The highest BCUT2D eigenvalue weighted by Crippen LogP contribution is 2.14. The highest BCUT2D eigenvalue weighted by Gasteiger charge is 2.06. The summed E-state index contributed by atoms with van der Waals surface area (Å²) in [6.07, 6.45) is 17.9. The van der Waals surface area contributed by atoms with Crippen LogP contribution in [-0.2, 0) is 0 Å². The lowest BCUT2D eigenvalue weighted by Gasteiger charge is -2.09. The van der Waals surface area contributed by atoms with Crippen molar-refractivity contribution in [2.24, 2.45) is 5.73 Å². The Kier molecular flexibility index (Phi) is 15.2. The number of rotatable bonds is 15. The average molecular weight is 299 g/mol. The summed E-state index contributed by atoms with van der Waals surface area (Å²) in [6, 6.07) is 0. The monoisotopic (exact) mass is 299 g/mol. The molecule has 0 fully saturated rings. The Labute approximate surface area is 131 Å². The second-order valence-corrected chi connectivity index (χ2v) is 6.18. The average Bonchev–Trinajstić information content (AvgIpc) is 2.50. The quantitative estimate of drug-likeness (QED) is 0.288. The Morgan fingerprint density at radius 3 is 1.57 bits per heavy atom. The molecule has 0 radical (unpaired) electrons. The first-order chi connectivity index (χ1) is 10.2. The summed E-state index contributed by atoms with van der Waals surface area (Å²) in [4.78, 5) is 0. The van der Waals surface area contributed by atoms with Crippen molar-refractivity contribution in [3.05, 3.63) is 12.0 Å². The van der Waals surface area contributed by atoms with Gasteiger partial charge in [0.05, 0.1) is 11.8 Å². The Morgan fingerprint density at radius 1 is 0.810 bits per heavy atom. The Bertz CT molecular complexity index is 241. The largest absolute Gasteiger partial charge is 0.514 e. The highest BCUT2D eigenvalue weighted by atomic mass is 16.3. The van der Waals surface area contributed by atoms with Crippen LogP contribution in [0.2, 0.25) is 0 Å². The molecule has 3 nitrogen and oxygen atoms in total. The predicted molar refractivity (Wildman–Crippen MR) is 91.2 cm³/mol. The maximum atomic E-state index is 9.54. The molecule has 0 aliphatic carbocycles. The minimum atomic E-state index is -0.678. The van der Waals surface area contributed by atoms with E-state index in [1.54, 1.807) is 0 Å². The van der Waals surface area contributed by atoms with E-state index in [0.717, 1.165) is 19.1 Å². The number of hydrogen-bond donors (Lipinski definition) is 3. The van der Waals surface area contributed by atoms with Gasteiger partial charge in [-0.3, -0.25) is 0 Å². The zero-order valence-corrected chi connectivity index (χ0v) is 14.0. The molecule has 0 amide bonds. The van der Waals surface area contributed by atoms with Crippen molar-refractivity contribution in [1.29, 1.82) is 0 Å². The molecule has 3 heteroatoms. The number of nitrogens with two attached hydrogens (primary N) is 1. The van der Waals surface area contributed by atoms with Crippen LogP contribution < -0.4 is 5.73 Å². The van der Waals surface area contributed by atoms with Crippen LogP contribution in [0.25, 0.3) is 0 Å². The summed E-state index contributed by atoms with van der Waals surface area (Å²) in [5.74, 6) is 0. The molecule has 21 heavy (non-hydrogen) atoms. The molecule has 0 aromatic carbocycles. The maximum absolute atomic E-state index is 9.54. The molecule has 0 aromatic rings. The normalized spacial score (nSPS) is 13.5. The number of aliphatic hydroxyl groups excluding tert-OH is 2. The van der Waals surface area contributed by atoms with Crippen molar-refractivity contribution in [3.8, 4) is 0 Å². The van der Waals surface area contributed by atoms with E-state index in [0.29, 0.717) is 6.42 Å². The van der Waals surface area contributed by atoms with Gasteiger partial charge < -0.3 is 15.9 Å². The smallest absolute Gasteiger partial charge is 0.101 e. The van der Waals surface area contributed by atoms with Crippen LogP contribution in [0.3, 0.4) is 0 Å². The number of aliphatic hydroxyl groups is 2. The fourth-order valence-electron chi connectivity index (χ4n) is 2.61. The first kappa shape index (κ1) is 20.3. The Balaban J connectivity index is 3.12. The van der Waals surface area contributed by atoms with Crippen molar-refractivity contribution >= 4 is 0 Å². The molecular formula is C18H37NO2. The molecule has 4 N–H and O–H groups in total. The predicted octanol–water partition coefficient (Wildman–Crippen LogP) is 5.19. The number of unbranched alkanes of at least 4 members (excludes halogenated alkanes) is 12. The molecule has 0 aromatic heterocycles. The van der Waals surface area contributed by atoms with E-state index in [2.05, 4.69) is 6.92 Å². The molecular weight excluding hydrogens is 262 g/mol. The fraction of sp³-hybridized carbons (Fsp3) is 0.889. The molecule has 1 atom stereocenters. The third kappa shape index (κ3) is 14.0. The molecule has 0 heterocycles. The molecule has 0 rings (SSSR count). The van der Waals surface area contributed by atoms with Crippen molar-refractivity contribution in [3.63, 3.8) is 0 Å². The SMILES string of the molecule is CCCCCCCCCCCCCCCC(O)/C(N)=C\O. The van der Waals surface area contributed by atoms with Gasteiger partial charge in [-0.05, 0) is 6.42 Å². The lowest BCUT2D eigenvalue weighted by molar-refractivity contribution is 0.190. The van der Waals surface area contributed by atoms with E-state index in [-0.39, 0.29) is 5.70 Å². The molecule has 1 unspecified atom stereocenters. The lowest BCUT2D eigenvalue weighted by Crippen LogP contribution is -2.17. The first-order valence-electron chi connectivity index (χ1n) is 9.00. The zero-order chi connectivity index (χ0) is 15.8. The Morgan fingerprint density at radius 2 is 1.19 bits per heavy atom. The van der Waals surface area contributed by atoms with Gasteiger partial charge in [-0.2, -0.15) is 0 Å². The Hall–Kier alpha value is -0.700. The summed E-state index contributed by atoms with van der Waals surface area (Å²) >= 11 is 0. The highest BCUT2D eigenvalue weighted by molar-refractivity contribution is 4.97. The minimum Gasteiger partial charge on any atom is -0.514 e. The van der Waals surface area contributed by atoms with Gasteiger partial charge in [-0.1, -0.05) is 90.4 Å². The van der Waals surface area contributed by atoms with Crippen LogP contribution in [0.15, 0.2) is 12.0 Å². The van der Waals surface area contributed by atoms with Gasteiger partial charge in [0, 0.05) is 0 Å². The minimum absolute atomic E-state index is 0.175. The standard InChI is InChI=1S/C18H37NO2/c1-2-3-4-5-6-7-8-9-10-11-12-13-14-15-18(21)17(19)16-20/h16,18,20-21H,2-15,19H2,1H3/b17-16+. The second-order valence-electron chi connectivity index (χ2n) is 6.18. The van der Waals surface area contributed by atoms with Gasteiger partial charge >= 0.3 is 0 Å². The summed E-state index contributed by atoms with van der Waals surface area (Å²) in [7, 11) is 0. The van der Waals surface area contributed by atoms with Crippen molar-refractivity contribution in [2.75, 3.05) is 0 Å². The molecule has 0 spiro atoms. The van der Waals surface area contributed by atoms with Gasteiger partial charge in [0.25, 0.3) is 0 Å². The first-order valence-corrected chi connectivity index (χ1v) is 9.00. The van der Waals surface area contributed by atoms with E-state index in [1.807, 2.05) is 0 Å². The summed E-state index contributed by atoms with van der Waals surface area (Å²) < 4.78 is 0. The molecule has 0 bridgehead atoms. The zero-order valence-electron chi connectivity index (χ0n) is 14.0. The number of hydrogen-bond acceptors (Lipinski definition) is 3. The fourth-order valence-corrected chi connectivity index (χ4v) is 2.61. The van der Waals surface area contributed by atoms with E-state index < -0.39 is 6.10 Å². The third-order valence-corrected chi connectivity index (χ3v) is 4.11. The molecule has 0 saturated heterocycles. The molecule has 0 saturated carbocycles. The summed E-state index contributed by atoms with van der Waals surface area (Å²) in [5, 5.41) is 18.2. The molecule has 126 valence electrons. The van der Waals surface area contributed by atoms with Crippen molar-refractivity contribution < 1.29 is 10.2 Å². The van der Waals surface area contributed by atoms with E-state index in [1.165, 1.54) is 70.6 Å².